The van der Waals surface area contributed by atoms with Crippen molar-refractivity contribution in [3.63, 3.8) is 0 Å². The van der Waals surface area contributed by atoms with Gasteiger partial charge in [0.25, 0.3) is 5.91 Å². The van der Waals surface area contributed by atoms with Gasteiger partial charge in [0.15, 0.2) is 6.10 Å². The Morgan fingerprint density at radius 2 is 2.19 bits per heavy atom. The molecule has 0 radical (unpaired) electrons. The second-order valence-electron chi connectivity index (χ2n) is 4.64. The van der Waals surface area contributed by atoms with Crippen LogP contribution in [0.5, 0.6) is 11.5 Å². The van der Waals surface area contributed by atoms with Gasteiger partial charge >= 0.3 is 0 Å². The van der Waals surface area contributed by atoms with Gasteiger partial charge < -0.3 is 14.8 Å². The number of nitrogens with one attached hydrogen (secondary N) is 1. The van der Waals surface area contributed by atoms with Crippen molar-refractivity contribution in [2.24, 2.45) is 0 Å². The Balaban J connectivity index is 1.91. The zero-order valence-corrected chi connectivity index (χ0v) is 12.3. The molecule has 0 saturated heterocycles. The van der Waals surface area contributed by atoms with Crippen molar-refractivity contribution in [2.75, 3.05) is 12.4 Å². The van der Waals surface area contributed by atoms with E-state index in [-0.39, 0.29) is 11.7 Å². The highest BCUT2D eigenvalue weighted by Crippen LogP contribution is 2.32. The first-order valence-electron chi connectivity index (χ1n) is 6.37. The van der Waals surface area contributed by atoms with Crippen LogP contribution in [0.2, 0.25) is 0 Å². The fourth-order valence-electron chi connectivity index (χ4n) is 2.04. The summed E-state index contributed by atoms with van der Waals surface area (Å²) in [5, 5.41) is 4.51. The Morgan fingerprint density at radius 1 is 1.38 bits per heavy atom. The third-order valence-electron chi connectivity index (χ3n) is 3.21. The van der Waals surface area contributed by atoms with Gasteiger partial charge in [0.1, 0.15) is 11.5 Å². The maximum atomic E-state index is 12.4. The number of hydrogen-bond donors (Lipinski definition) is 1. The molecule has 3 rings (SSSR count). The van der Waals surface area contributed by atoms with Crippen LogP contribution in [0.3, 0.4) is 0 Å². The second kappa shape index (κ2) is 5.21. The number of ether oxygens (including phenoxy) is 2. The van der Waals surface area contributed by atoms with E-state index in [1.165, 1.54) is 11.3 Å². The summed E-state index contributed by atoms with van der Waals surface area (Å²) in [4.78, 5) is 24.6. The van der Waals surface area contributed by atoms with E-state index >= 15 is 0 Å². The highest BCUT2D eigenvalue weighted by Gasteiger charge is 2.24. The third-order valence-corrected chi connectivity index (χ3v) is 4.11. The average molecular weight is 303 g/mol. The van der Waals surface area contributed by atoms with E-state index in [1.807, 2.05) is 0 Å². The molecule has 1 aromatic carbocycles. The zero-order valence-electron chi connectivity index (χ0n) is 11.5. The van der Waals surface area contributed by atoms with Gasteiger partial charge in [-0.2, -0.15) is 0 Å². The minimum absolute atomic E-state index is 0.112. The van der Waals surface area contributed by atoms with Crippen LogP contribution in [-0.2, 0) is 4.79 Å². The van der Waals surface area contributed by atoms with Gasteiger partial charge in [-0.15, -0.1) is 11.3 Å². The lowest BCUT2D eigenvalue weighted by Gasteiger charge is -2.23. The van der Waals surface area contributed by atoms with E-state index in [0.717, 1.165) is 0 Å². The number of anilines is 1. The van der Waals surface area contributed by atoms with E-state index in [1.54, 1.807) is 43.7 Å². The largest absolute Gasteiger partial charge is 0.496 e. The Morgan fingerprint density at radius 3 is 2.90 bits per heavy atom. The molecule has 5 nitrogen and oxygen atoms in total. The molecule has 6 heteroatoms. The third kappa shape index (κ3) is 2.50. The second-order valence-corrected chi connectivity index (χ2v) is 5.55. The van der Waals surface area contributed by atoms with Crippen molar-refractivity contribution in [3.8, 4) is 11.5 Å². The summed E-state index contributed by atoms with van der Waals surface area (Å²) in [6.07, 6.45) is -0.527. The molecule has 1 aliphatic rings. The molecule has 0 fully saturated rings. The number of thiophene rings is 1. The van der Waals surface area contributed by atoms with Crippen molar-refractivity contribution in [1.29, 1.82) is 0 Å². The average Bonchev–Trinajstić information content (AvgIpc) is 2.96. The molecule has 1 aliphatic heterocycles. The summed E-state index contributed by atoms with van der Waals surface area (Å²) in [6.45, 7) is 1.68. The van der Waals surface area contributed by atoms with Crippen LogP contribution in [0.4, 0.5) is 5.69 Å². The Kier molecular flexibility index (Phi) is 3.39. The Hall–Kier alpha value is -2.34. The molecular formula is C15H13NO4S. The first kappa shape index (κ1) is 13.6. The standard InChI is InChI=1S/C15H13NO4S/c1-8-15(18)16-11-5-9(3-4-12(11)20-8)14(17)13-6-10(19-2)7-21-13/h3-8H,1-2H3,(H,16,18). The van der Waals surface area contributed by atoms with Crippen LogP contribution < -0.4 is 14.8 Å². The monoisotopic (exact) mass is 303 g/mol. The summed E-state index contributed by atoms with van der Waals surface area (Å²) in [6, 6.07) is 6.72. The zero-order chi connectivity index (χ0) is 15.0. The van der Waals surface area contributed by atoms with E-state index < -0.39 is 6.10 Å². The van der Waals surface area contributed by atoms with Crippen molar-refractivity contribution in [3.05, 3.63) is 40.1 Å². The van der Waals surface area contributed by atoms with Crippen LogP contribution in [0.1, 0.15) is 22.2 Å². The van der Waals surface area contributed by atoms with Crippen LogP contribution in [0, 0.1) is 0 Å². The number of benzene rings is 1. The highest BCUT2D eigenvalue weighted by atomic mass is 32.1. The minimum atomic E-state index is -0.527. The lowest BCUT2D eigenvalue weighted by molar-refractivity contribution is -0.122. The van der Waals surface area contributed by atoms with Crippen LogP contribution in [-0.4, -0.2) is 24.9 Å². The first-order chi connectivity index (χ1) is 10.1. The molecule has 0 aliphatic carbocycles. The van der Waals surface area contributed by atoms with E-state index in [4.69, 9.17) is 9.47 Å². The number of rotatable bonds is 3. The van der Waals surface area contributed by atoms with Crippen LogP contribution >= 0.6 is 11.3 Å². The SMILES string of the molecule is COc1csc(C(=O)c2ccc3c(c2)NC(=O)C(C)O3)c1. The Labute approximate surface area is 125 Å². The molecule has 1 N–H and O–H groups in total. The summed E-state index contributed by atoms with van der Waals surface area (Å²) < 4.78 is 10.5. The van der Waals surface area contributed by atoms with Gasteiger partial charge in [0.2, 0.25) is 5.78 Å². The molecule has 1 amide bonds. The van der Waals surface area contributed by atoms with Crippen molar-refractivity contribution in [2.45, 2.75) is 13.0 Å². The van der Waals surface area contributed by atoms with Crippen molar-refractivity contribution < 1.29 is 19.1 Å². The fraction of sp³-hybridized carbons (Fsp3) is 0.200. The lowest BCUT2D eigenvalue weighted by atomic mass is 10.1. The van der Waals surface area contributed by atoms with Crippen molar-refractivity contribution in [1.82, 2.24) is 0 Å². The molecule has 1 unspecified atom stereocenters. The summed E-state index contributed by atoms with van der Waals surface area (Å²) in [5.41, 5.74) is 1.02. The quantitative estimate of drug-likeness (QED) is 0.885. The maximum Gasteiger partial charge on any atom is 0.265 e. The number of carbonyl (C=O) groups is 2. The van der Waals surface area contributed by atoms with Crippen LogP contribution in [0.25, 0.3) is 0 Å². The molecular weight excluding hydrogens is 290 g/mol. The normalized spacial score (nSPS) is 16.7. The molecule has 0 spiro atoms. The highest BCUT2D eigenvalue weighted by molar-refractivity contribution is 7.12. The van der Waals surface area contributed by atoms with Gasteiger partial charge in [-0.3, -0.25) is 9.59 Å². The molecule has 1 aromatic heterocycles. The van der Waals surface area contributed by atoms with Gasteiger partial charge in [0.05, 0.1) is 17.7 Å². The Bertz CT molecular complexity index is 722. The van der Waals surface area contributed by atoms with E-state index in [9.17, 15) is 9.59 Å². The van der Waals surface area contributed by atoms with Gasteiger partial charge in [0, 0.05) is 17.0 Å². The molecule has 1 atom stereocenters. The van der Waals surface area contributed by atoms with Gasteiger partial charge in [-0.05, 0) is 25.1 Å². The van der Waals surface area contributed by atoms with E-state index in [0.29, 0.717) is 27.6 Å². The number of methoxy groups -OCH3 is 1. The molecule has 0 bridgehead atoms. The number of amides is 1. The number of ketones is 1. The van der Waals surface area contributed by atoms with Gasteiger partial charge in [-0.25, -0.2) is 0 Å². The molecule has 21 heavy (non-hydrogen) atoms. The predicted octanol–water partition coefficient (Wildman–Crippen LogP) is 2.71. The topological polar surface area (TPSA) is 64.6 Å². The number of fused-ring (bicyclic) bond motifs is 1. The smallest absolute Gasteiger partial charge is 0.265 e. The summed E-state index contributed by atoms with van der Waals surface area (Å²) in [5.74, 6) is 0.901. The van der Waals surface area contributed by atoms with Gasteiger partial charge in [-0.1, -0.05) is 0 Å². The fourth-order valence-corrected chi connectivity index (χ4v) is 2.85. The molecule has 0 saturated carbocycles. The predicted molar refractivity (Wildman–Crippen MR) is 79.5 cm³/mol. The molecule has 2 heterocycles. The molecule has 2 aromatic rings. The molecule has 108 valence electrons. The van der Waals surface area contributed by atoms with Crippen LogP contribution in [0.15, 0.2) is 29.6 Å². The lowest BCUT2D eigenvalue weighted by Crippen LogP contribution is -2.34. The minimum Gasteiger partial charge on any atom is -0.496 e. The van der Waals surface area contributed by atoms with E-state index in [2.05, 4.69) is 5.32 Å². The summed E-state index contributed by atoms with van der Waals surface area (Å²) in [7, 11) is 1.56. The first-order valence-corrected chi connectivity index (χ1v) is 7.25. The number of carbonyl (C=O) groups excluding carboxylic acids is 2. The summed E-state index contributed by atoms with van der Waals surface area (Å²) >= 11 is 1.32. The van der Waals surface area contributed by atoms with Crippen molar-refractivity contribution >= 4 is 28.7 Å². The maximum absolute atomic E-state index is 12.4. The number of hydrogen-bond acceptors (Lipinski definition) is 5.